The molecule has 0 aromatic carbocycles. The Morgan fingerprint density at radius 3 is 1.62 bits per heavy atom. The van der Waals surface area contributed by atoms with Gasteiger partial charge in [0.15, 0.2) is 0 Å². The zero-order valence-electron chi connectivity index (χ0n) is 8.42. The standard InChI is InChI=1S/C8H11Cl2S.BF4/c1-11-7-4-2-3(5(7)9)6(10)8(4)11;2-1(3,4)5/h3-8H,2H2,1H3;/q+1;-1/t3?,4?,5-,6+,7-,8+,11?;. The van der Waals surface area contributed by atoms with Crippen molar-refractivity contribution < 1.29 is 17.3 Å². The second-order valence-corrected chi connectivity index (χ2v) is 7.80. The van der Waals surface area contributed by atoms with Crippen LogP contribution in [0.4, 0.5) is 17.3 Å². The highest BCUT2D eigenvalue weighted by atomic mass is 35.5. The lowest BCUT2D eigenvalue weighted by Crippen LogP contribution is -2.62. The van der Waals surface area contributed by atoms with Crippen molar-refractivity contribution in [2.75, 3.05) is 6.26 Å². The summed E-state index contributed by atoms with van der Waals surface area (Å²) in [4.78, 5) is 0. The molecule has 1 aliphatic heterocycles. The van der Waals surface area contributed by atoms with Gasteiger partial charge in [0.25, 0.3) is 0 Å². The van der Waals surface area contributed by atoms with Gasteiger partial charge in [0.2, 0.25) is 0 Å². The van der Waals surface area contributed by atoms with Gasteiger partial charge in [0, 0.05) is 5.92 Å². The average Bonchev–Trinajstić information content (AvgIpc) is 2.48. The zero-order chi connectivity index (χ0) is 12.2. The highest BCUT2D eigenvalue weighted by Gasteiger charge is 2.75. The maximum atomic E-state index is 9.75. The maximum absolute atomic E-state index is 9.75. The van der Waals surface area contributed by atoms with Crippen molar-refractivity contribution in [2.24, 2.45) is 11.8 Å². The van der Waals surface area contributed by atoms with E-state index in [0.717, 1.165) is 16.4 Å². The first-order valence-corrected chi connectivity index (χ1v) is 7.64. The van der Waals surface area contributed by atoms with Crippen LogP contribution in [0.1, 0.15) is 6.42 Å². The predicted octanol–water partition coefficient (Wildman–Crippen LogP) is 3.15. The van der Waals surface area contributed by atoms with E-state index in [1.54, 1.807) is 0 Å². The van der Waals surface area contributed by atoms with Gasteiger partial charge in [-0.05, 0) is 17.3 Å². The first kappa shape index (κ1) is 13.2. The van der Waals surface area contributed by atoms with Gasteiger partial charge in [-0.3, -0.25) is 0 Å². The Labute approximate surface area is 104 Å². The molecule has 0 nitrogen and oxygen atoms in total. The molecular weight excluding hydrogens is 286 g/mol. The molecule has 0 aromatic rings. The fourth-order valence-electron chi connectivity index (χ4n) is 3.22. The summed E-state index contributed by atoms with van der Waals surface area (Å²) in [5.41, 5.74) is 0. The van der Waals surface area contributed by atoms with Crippen LogP contribution in [0.5, 0.6) is 0 Å². The first-order chi connectivity index (χ1) is 7.22. The quantitative estimate of drug-likeness (QED) is 0.279. The Kier molecular flexibility index (Phi) is 3.39. The summed E-state index contributed by atoms with van der Waals surface area (Å²) in [6.45, 7) is 0. The van der Waals surface area contributed by atoms with Gasteiger partial charge < -0.3 is 17.3 Å². The average molecular weight is 297 g/mol. The van der Waals surface area contributed by atoms with Gasteiger partial charge >= 0.3 is 7.25 Å². The van der Waals surface area contributed by atoms with E-state index in [2.05, 4.69) is 6.26 Å². The fraction of sp³-hybridized carbons (Fsp3) is 1.00. The minimum atomic E-state index is -6.00. The third-order valence-corrected chi connectivity index (χ3v) is 8.18. The second-order valence-electron chi connectivity index (χ2n) is 4.48. The fourth-order valence-corrected chi connectivity index (χ4v) is 8.14. The number of alkyl halides is 2. The molecule has 3 aliphatic rings. The SMILES string of the molecule is C[S+]1[C@@H]2C3CC([C@H]2Cl)[C@H](Cl)[C@H]31.F[B-](F)(F)F. The molecule has 16 heavy (non-hydrogen) atoms. The minimum absolute atomic E-state index is 0.417. The number of fused-ring (bicyclic) bond motifs is 1. The molecule has 3 rings (SSSR count). The van der Waals surface area contributed by atoms with Crippen molar-refractivity contribution >= 4 is 41.4 Å². The van der Waals surface area contributed by atoms with Crippen LogP contribution in [0.2, 0.25) is 0 Å². The molecule has 0 aromatic heterocycles. The largest absolute Gasteiger partial charge is 0.673 e. The topological polar surface area (TPSA) is 0 Å². The van der Waals surface area contributed by atoms with Crippen LogP contribution in [0, 0.1) is 11.8 Å². The molecule has 2 saturated carbocycles. The van der Waals surface area contributed by atoms with E-state index in [1.165, 1.54) is 6.42 Å². The smallest absolute Gasteiger partial charge is 0.418 e. The number of halogens is 6. The van der Waals surface area contributed by atoms with Crippen LogP contribution in [-0.2, 0) is 10.9 Å². The monoisotopic (exact) mass is 296 g/mol. The molecule has 7 atom stereocenters. The molecule has 0 radical (unpaired) electrons. The molecule has 94 valence electrons. The Balaban J connectivity index is 0.000000168. The number of hydrogen-bond acceptors (Lipinski definition) is 0. The normalized spacial score (nSPS) is 53.1. The molecule has 0 N–H and O–H groups in total. The van der Waals surface area contributed by atoms with E-state index in [1.807, 2.05) is 0 Å². The Morgan fingerprint density at radius 1 is 1.00 bits per heavy atom. The van der Waals surface area contributed by atoms with E-state index in [-0.39, 0.29) is 0 Å². The first-order valence-electron chi connectivity index (χ1n) is 5.01. The van der Waals surface area contributed by atoms with Gasteiger partial charge in [0.1, 0.15) is 10.5 Å². The third-order valence-electron chi connectivity index (χ3n) is 3.69. The van der Waals surface area contributed by atoms with Crippen molar-refractivity contribution in [3.63, 3.8) is 0 Å². The van der Waals surface area contributed by atoms with E-state index >= 15 is 0 Å². The summed E-state index contributed by atoms with van der Waals surface area (Å²) >= 11 is 12.6. The summed E-state index contributed by atoms with van der Waals surface area (Å²) in [6.07, 6.45) is 3.67. The van der Waals surface area contributed by atoms with Crippen LogP contribution >= 0.6 is 23.2 Å². The summed E-state index contributed by atoms with van der Waals surface area (Å²) < 4.78 is 39.0. The molecule has 8 heteroatoms. The van der Waals surface area contributed by atoms with E-state index < -0.39 is 7.25 Å². The van der Waals surface area contributed by atoms with Crippen LogP contribution in [0.15, 0.2) is 0 Å². The Bertz CT molecular complexity index is 252. The van der Waals surface area contributed by atoms with Crippen LogP contribution in [0.25, 0.3) is 0 Å². The van der Waals surface area contributed by atoms with Crippen molar-refractivity contribution in [1.29, 1.82) is 0 Å². The third kappa shape index (κ3) is 2.05. The predicted molar refractivity (Wildman–Crippen MR) is 61.9 cm³/mol. The van der Waals surface area contributed by atoms with Crippen molar-refractivity contribution in [2.45, 2.75) is 27.7 Å². The highest BCUT2D eigenvalue weighted by Crippen LogP contribution is 2.62. The summed E-state index contributed by atoms with van der Waals surface area (Å²) in [5.74, 6) is 1.57. The van der Waals surface area contributed by atoms with Gasteiger partial charge in [-0.25, -0.2) is 0 Å². The molecule has 0 spiro atoms. The van der Waals surface area contributed by atoms with Crippen LogP contribution in [0.3, 0.4) is 0 Å². The highest BCUT2D eigenvalue weighted by molar-refractivity contribution is 7.99. The Morgan fingerprint density at radius 2 is 1.38 bits per heavy atom. The van der Waals surface area contributed by atoms with Crippen LogP contribution in [-0.4, -0.2) is 34.8 Å². The summed E-state index contributed by atoms with van der Waals surface area (Å²) in [6, 6.07) is 0. The second kappa shape index (κ2) is 4.13. The minimum Gasteiger partial charge on any atom is -0.418 e. The molecule has 2 aliphatic carbocycles. The van der Waals surface area contributed by atoms with Gasteiger partial charge in [-0.1, -0.05) is 0 Å². The number of rotatable bonds is 0. The van der Waals surface area contributed by atoms with Crippen molar-refractivity contribution in [3.05, 3.63) is 0 Å². The molecule has 0 amide bonds. The molecule has 2 bridgehead atoms. The lowest BCUT2D eigenvalue weighted by Gasteiger charge is -2.44. The lowest BCUT2D eigenvalue weighted by atomic mass is 9.97. The molecule has 3 unspecified atom stereocenters. The van der Waals surface area contributed by atoms with Gasteiger partial charge in [0.05, 0.1) is 22.9 Å². The molecule has 1 saturated heterocycles. The van der Waals surface area contributed by atoms with Gasteiger partial charge in [-0.15, -0.1) is 23.2 Å². The summed E-state index contributed by atoms with van der Waals surface area (Å²) in [7, 11) is -5.45. The van der Waals surface area contributed by atoms with Crippen molar-refractivity contribution in [1.82, 2.24) is 0 Å². The van der Waals surface area contributed by atoms with Crippen molar-refractivity contribution in [3.8, 4) is 0 Å². The van der Waals surface area contributed by atoms with Gasteiger partial charge in [-0.2, -0.15) is 0 Å². The zero-order valence-corrected chi connectivity index (χ0v) is 10.8. The molecule has 3 fully saturated rings. The lowest BCUT2D eigenvalue weighted by molar-refractivity contribution is 0.368. The Hall–Kier alpha value is 0.715. The molecular formula is C8H11BCl2F4S. The maximum Gasteiger partial charge on any atom is 0.673 e. The summed E-state index contributed by atoms with van der Waals surface area (Å²) in [5, 5.41) is 2.53. The molecule has 1 heterocycles. The van der Waals surface area contributed by atoms with Crippen LogP contribution < -0.4 is 0 Å². The van der Waals surface area contributed by atoms with E-state index in [0.29, 0.717) is 27.6 Å². The van der Waals surface area contributed by atoms with E-state index in [4.69, 9.17) is 23.2 Å². The van der Waals surface area contributed by atoms with E-state index in [9.17, 15) is 17.3 Å². The number of hydrogen-bond donors (Lipinski definition) is 0.